The third kappa shape index (κ3) is 5.46. The van der Waals surface area contributed by atoms with Gasteiger partial charge in [0.15, 0.2) is 0 Å². The van der Waals surface area contributed by atoms with Crippen LogP contribution in [0.15, 0.2) is 23.7 Å². The molecule has 0 spiro atoms. The smallest absolute Gasteiger partial charge is 0.327 e. The van der Waals surface area contributed by atoms with Gasteiger partial charge in [-0.25, -0.2) is 0 Å². The molecule has 5 nitrogen and oxygen atoms in total. The minimum absolute atomic E-state index is 0.00984. The van der Waals surface area contributed by atoms with Crippen molar-refractivity contribution >= 4 is 31.2 Å². The maximum atomic E-state index is 8.22. The molecule has 0 aromatic heterocycles. The third-order valence-corrected chi connectivity index (χ3v) is 9.98. The van der Waals surface area contributed by atoms with Crippen LogP contribution in [0.25, 0.3) is 5.47 Å². The highest BCUT2D eigenvalue weighted by Gasteiger charge is 2.54. The summed E-state index contributed by atoms with van der Waals surface area (Å²) in [6.07, 6.45) is 7.60. The Kier molecular flexibility index (Phi) is 7.84. The van der Waals surface area contributed by atoms with Crippen molar-refractivity contribution in [3.05, 3.63) is 34.8 Å². The summed E-state index contributed by atoms with van der Waals surface area (Å²) < 4.78 is 19.5. The molecule has 3 fully saturated rings. The average molecular weight is 506 g/mol. The molecular weight excluding hydrogens is 458 g/mol. The Balaban J connectivity index is 1.79. The summed E-state index contributed by atoms with van der Waals surface area (Å²) in [6, 6.07) is 6.49. The summed E-state index contributed by atoms with van der Waals surface area (Å²) in [7, 11) is 0. The molecule has 202 valence electrons. The normalized spacial score (nSPS) is 26.7. The third-order valence-electron chi connectivity index (χ3n) is 9.98. The van der Waals surface area contributed by atoms with Crippen LogP contribution in [0.4, 0.5) is 5.69 Å². The Morgan fingerprint density at radius 1 is 0.973 bits per heavy atom. The first-order valence-electron chi connectivity index (χ1n) is 14.3. The summed E-state index contributed by atoms with van der Waals surface area (Å²) in [4.78, 5) is 0. The van der Waals surface area contributed by atoms with Crippen LogP contribution in [0.2, 0.25) is 12.6 Å². The molecular formula is C30H48B2N2O3. The van der Waals surface area contributed by atoms with Gasteiger partial charge >= 0.3 is 13.8 Å². The maximum absolute atomic E-state index is 8.22. The Morgan fingerprint density at radius 2 is 1.59 bits per heavy atom. The number of hydrogen-bond donors (Lipinski definition) is 2. The molecule has 1 aromatic carbocycles. The number of ether oxygens (including phenoxy) is 1. The van der Waals surface area contributed by atoms with Crippen LogP contribution in [-0.2, 0) is 14.0 Å². The van der Waals surface area contributed by atoms with E-state index in [2.05, 4.69) is 85.8 Å². The molecule has 4 rings (SSSR count). The minimum Gasteiger partial charge on any atom is -0.426 e. The lowest BCUT2D eigenvalue weighted by Gasteiger charge is -2.34. The predicted octanol–water partition coefficient (Wildman–Crippen LogP) is 7.52. The second kappa shape index (κ2) is 10.2. The molecule has 37 heavy (non-hydrogen) atoms. The van der Waals surface area contributed by atoms with Crippen LogP contribution in [0.1, 0.15) is 99.1 Å². The fourth-order valence-electron chi connectivity index (χ4n) is 6.07. The molecule has 3 heterocycles. The zero-order chi connectivity index (χ0) is 27.2. The molecule has 0 bridgehead atoms. The Morgan fingerprint density at radius 3 is 2.08 bits per heavy atom. The summed E-state index contributed by atoms with van der Waals surface area (Å²) in [5, 5.41) is 11.8. The van der Waals surface area contributed by atoms with Gasteiger partial charge < -0.3 is 24.8 Å². The molecule has 3 aliphatic heterocycles. The SMILES string of the molecule is CC/C(B1CC(C)(C)C(C)(C)O1)=C(/B1CC(C)(C)C(C)(C)O1)c1ccc(NC2CCCCO2)c(C=N)c1. The quantitative estimate of drug-likeness (QED) is 0.297. The molecule has 1 aromatic rings. The van der Waals surface area contributed by atoms with E-state index < -0.39 is 0 Å². The van der Waals surface area contributed by atoms with E-state index in [1.807, 2.05) is 0 Å². The van der Waals surface area contributed by atoms with Gasteiger partial charge in [0, 0.05) is 24.1 Å². The Bertz CT molecular complexity index is 1010. The lowest BCUT2D eigenvalue weighted by Crippen LogP contribution is -2.35. The standard InChI is InChI=1S/C30H48B2N2O3/c1-10-23(31-19-27(2,3)29(6,7)36-31)26(32-20-28(4,5)30(8,9)37-32)21-14-15-24(22(17-21)18-33)34-25-13-11-12-16-35-25/h14-15,17-18,25,33-34H,10-13,16,19-20H2,1-9H3/b26-23-,33-18?. The zero-order valence-corrected chi connectivity index (χ0v) is 24.7. The maximum Gasteiger partial charge on any atom is 0.327 e. The monoisotopic (exact) mass is 506 g/mol. The first kappa shape index (κ1) is 28.4. The lowest BCUT2D eigenvalue weighted by atomic mass is 9.43. The van der Waals surface area contributed by atoms with Crippen molar-refractivity contribution < 1.29 is 14.0 Å². The van der Waals surface area contributed by atoms with Gasteiger partial charge in [-0.1, -0.05) is 46.2 Å². The topological polar surface area (TPSA) is 63.6 Å². The number of hydrogen-bond acceptors (Lipinski definition) is 5. The highest BCUT2D eigenvalue weighted by Crippen LogP contribution is 2.52. The number of allylic oxidation sites excluding steroid dienone is 1. The van der Waals surface area contributed by atoms with Crippen molar-refractivity contribution in [1.29, 1.82) is 5.41 Å². The molecule has 0 aliphatic carbocycles. The zero-order valence-electron chi connectivity index (χ0n) is 24.7. The van der Waals surface area contributed by atoms with E-state index >= 15 is 0 Å². The summed E-state index contributed by atoms with van der Waals surface area (Å²) in [6.45, 7) is 21.2. The van der Waals surface area contributed by atoms with Crippen LogP contribution >= 0.6 is 0 Å². The molecule has 7 heteroatoms. The van der Waals surface area contributed by atoms with Crippen molar-refractivity contribution in [3.63, 3.8) is 0 Å². The molecule has 1 atom stereocenters. The molecule has 3 aliphatic rings. The van der Waals surface area contributed by atoms with E-state index in [1.54, 1.807) is 0 Å². The van der Waals surface area contributed by atoms with Gasteiger partial charge in [0.2, 0.25) is 0 Å². The van der Waals surface area contributed by atoms with Gasteiger partial charge in [-0.2, -0.15) is 0 Å². The van der Waals surface area contributed by atoms with Crippen molar-refractivity contribution in [3.8, 4) is 0 Å². The summed E-state index contributed by atoms with van der Waals surface area (Å²) in [5.41, 5.74) is 5.24. The number of anilines is 1. The fraction of sp³-hybridized carbons (Fsp3) is 0.700. The first-order chi connectivity index (χ1) is 17.2. The Hall–Kier alpha value is -1.56. The molecule has 0 amide bonds. The van der Waals surface area contributed by atoms with Crippen molar-refractivity contribution in [1.82, 2.24) is 0 Å². The van der Waals surface area contributed by atoms with E-state index in [1.165, 1.54) is 23.6 Å². The molecule has 3 saturated heterocycles. The molecule has 1 unspecified atom stereocenters. The lowest BCUT2D eigenvalue weighted by molar-refractivity contribution is 0.0343. The van der Waals surface area contributed by atoms with Gasteiger partial charge in [-0.3, -0.25) is 0 Å². The summed E-state index contributed by atoms with van der Waals surface area (Å²) >= 11 is 0. The second-order valence-corrected chi connectivity index (χ2v) is 13.6. The van der Waals surface area contributed by atoms with Crippen molar-refractivity contribution in [2.45, 2.75) is 118 Å². The van der Waals surface area contributed by atoms with Gasteiger partial charge in [0.25, 0.3) is 0 Å². The van der Waals surface area contributed by atoms with E-state index in [0.717, 1.165) is 55.3 Å². The van der Waals surface area contributed by atoms with Gasteiger partial charge in [0.1, 0.15) is 6.23 Å². The molecule has 2 N–H and O–H groups in total. The van der Waals surface area contributed by atoms with Gasteiger partial charge in [-0.05, 0) is 100 Å². The minimum atomic E-state index is -0.235. The van der Waals surface area contributed by atoms with Crippen LogP contribution in [0, 0.1) is 16.2 Å². The largest absolute Gasteiger partial charge is 0.426 e. The first-order valence-corrected chi connectivity index (χ1v) is 14.3. The number of nitrogens with one attached hydrogen (secondary N) is 2. The van der Waals surface area contributed by atoms with E-state index in [9.17, 15) is 0 Å². The van der Waals surface area contributed by atoms with Crippen molar-refractivity contribution in [2.24, 2.45) is 10.8 Å². The molecule has 0 saturated carbocycles. The van der Waals surface area contributed by atoms with Gasteiger partial charge in [-0.15, -0.1) is 0 Å². The van der Waals surface area contributed by atoms with E-state index in [-0.39, 0.29) is 42.1 Å². The fourth-order valence-corrected chi connectivity index (χ4v) is 6.07. The average Bonchev–Trinajstić information content (AvgIpc) is 3.17. The van der Waals surface area contributed by atoms with Crippen LogP contribution in [-0.4, -0.2) is 44.1 Å². The highest BCUT2D eigenvalue weighted by atomic mass is 16.5. The Labute approximate surface area is 226 Å². The van der Waals surface area contributed by atoms with E-state index in [0.29, 0.717) is 0 Å². The predicted molar refractivity (Wildman–Crippen MR) is 158 cm³/mol. The van der Waals surface area contributed by atoms with Crippen molar-refractivity contribution in [2.75, 3.05) is 11.9 Å². The van der Waals surface area contributed by atoms with E-state index in [4.69, 9.17) is 19.5 Å². The second-order valence-electron chi connectivity index (χ2n) is 13.6. The number of benzene rings is 1. The highest BCUT2D eigenvalue weighted by molar-refractivity contribution is 6.79. The summed E-state index contributed by atoms with van der Waals surface area (Å²) in [5.74, 6) is 0. The number of rotatable bonds is 7. The van der Waals surface area contributed by atoms with Crippen LogP contribution in [0.5, 0.6) is 0 Å². The van der Waals surface area contributed by atoms with Crippen LogP contribution in [0.3, 0.4) is 0 Å². The molecule has 0 radical (unpaired) electrons. The van der Waals surface area contributed by atoms with Crippen LogP contribution < -0.4 is 5.32 Å². The van der Waals surface area contributed by atoms with Gasteiger partial charge in [0.05, 0.1) is 11.2 Å².